The van der Waals surface area contributed by atoms with E-state index in [1.54, 1.807) is 7.05 Å². The number of halogens is 3. The second-order valence-corrected chi connectivity index (χ2v) is 6.37. The molecule has 0 radical (unpaired) electrons. The molecule has 10 heteroatoms. The highest BCUT2D eigenvalue weighted by molar-refractivity contribution is 6.35. The molecule has 0 aliphatic heterocycles. The van der Waals surface area contributed by atoms with Crippen LogP contribution in [0, 0.1) is 0 Å². The van der Waals surface area contributed by atoms with Crippen molar-refractivity contribution in [3.63, 3.8) is 0 Å². The number of hydrogen-bond donors (Lipinski definition) is 2. The summed E-state index contributed by atoms with van der Waals surface area (Å²) in [6.45, 7) is 0.00739. The van der Waals surface area contributed by atoms with Crippen LogP contribution in [0.25, 0.3) is 11.4 Å². The summed E-state index contributed by atoms with van der Waals surface area (Å²) in [6.07, 6.45) is 1.47. The summed E-state index contributed by atoms with van der Waals surface area (Å²) in [4.78, 5) is 12.2. The van der Waals surface area contributed by atoms with Crippen LogP contribution in [0.1, 0.15) is 16.1 Å². The Kier molecular flexibility index (Phi) is 4.89. The lowest BCUT2D eigenvalue weighted by molar-refractivity contribution is 0.0914. The van der Waals surface area contributed by atoms with Crippen LogP contribution in [0.4, 0.5) is 0 Å². The minimum atomic E-state index is -0.521. The highest BCUT2D eigenvalue weighted by Crippen LogP contribution is 2.31. The van der Waals surface area contributed by atoms with Crippen molar-refractivity contribution in [1.82, 2.24) is 20.3 Å². The first kappa shape index (κ1) is 17.6. The zero-order valence-corrected chi connectivity index (χ0v) is 15.0. The van der Waals surface area contributed by atoms with Crippen molar-refractivity contribution in [2.75, 3.05) is 0 Å². The van der Waals surface area contributed by atoms with Crippen LogP contribution < -0.4 is 5.32 Å². The van der Waals surface area contributed by atoms with Crippen molar-refractivity contribution >= 4 is 40.7 Å². The lowest BCUT2D eigenvalue weighted by Crippen LogP contribution is -2.22. The Morgan fingerprint density at radius 1 is 1.28 bits per heavy atom. The Labute approximate surface area is 157 Å². The standard InChI is InChI=1S/C15H11Cl3N4O3/c1-22-13(10(18)6-20-22)11-4-12(25-21-11)15(24)19-5-7-2-8(16)3-9(17)14(7)23/h2-4,6,23H,5H2,1H3,(H,19,24). The molecule has 25 heavy (non-hydrogen) atoms. The number of aryl methyl sites for hydroxylation is 1. The predicted octanol–water partition coefficient (Wildman–Crippen LogP) is 3.67. The zero-order valence-electron chi connectivity index (χ0n) is 12.8. The van der Waals surface area contributed by atoms with Crippen LogP contribution in [-0.2, 0) is 13.6 Å². The van der Waals surface area contributed by atoms with Gasteiger partial charge in [-0.1, -0.05) is 40.0 Å². The Balaban J connectivity index is 1.75. The molecule has 7 nitrogen and oxygen atoms in total. The van der Waals surface area contributed by atoms with Crippen LogP contribution in [0.3, 0.4) is 0 Å². The third-order valence-electron chi connectivity index (χ3n) is 3.42. The average Bonchev–Trinajstić information content (AvgIpc) is 3.16. The Morgan fingerprint density at radius 3 is 2.72 bits per heavy atom. The smallest absolute Gasteiger partial charge is 0.290 e. The van der Waals surface area contributed by atoms with Gasteiger partial charge in [-0.3, -0.25) is 9.48 Å². The number of nitrogens with zero attached hydrogens (tertiary/aromatic N) is 3. The van der Waals surface area contributed by atoms with E-state index in [-0.39, 0.29) is 23.1 Å². The second-order valence-electron chi connectivity index (χ2n) is 5.12. The molecule has 0 spiro atoms. The molecule has 0 saturated carbocycles. The number of carbonyl (C=O) groups is 1. The van der Waals surface area contributed by atoms with Gasteiger partial charge in [-0.05, 0) is 12.1 Å². The van der Waals surface area contributed by atoms with Crippen molar-refractivity contribution in [1.29, 1.82) is 0 Å². The number of phenols is 1. The summed E-state index contributed by atoms with van der Waals surface area (Å²) in [5, 5.41) is 21.2. The lowest BCUT2D eigenvalue weighted by atomic mass is 10.2. The third-order valence-corrected chi connectivity index (χ3v) is 4.20. The molecule has 0 atom stereocenters. The van der Waals surface area contributed by atoms with Gasteiger partial charge >= 0.3 is 0 Å². The predicted molar refractivity (Wildman–Crippen MR) is 93.0 cm³/mol. The number of benzene rings is 1. The number of aromatic hydroxyl groups is 1. The van der Waals surface area contributed by atoms with E-state index in [0.717, 1.165) is 0 Å². The van der Waals surface area contributed by atoms with Crippen LogP contribution in [0.5, 0.6) is 5.75 Å². The zero-order chi connectivity index (χ0) is 18.1. The van der Waals surface area contributed by atoms with Crippen molar-refractivity contribution < 1.29 is 14.4 Å². The van der Waals surface area contributed by atoms with E-state index in [0.29, 0.717) is 27.0 Å². The molecule has 2 aromatic heterocycles. The Bertz CT molecular complexity index is 932. The first-order chi connectivity index (χ1) is 11.9. The number of aromatic nitrogens is 3. The number of rotatable bonds is 4. The molecule has 130 valence electrons. The van der Waals surface area contributed by atoms with Crippen molar-refractivity contribution in [3.05, 3.63) is 50.8 Å². The molecule has 0 bridgehead atoms. The molecular formula is C15H11Cl3N4O3. The molecule has 3 aromatic rings. The van der Waals surface area contributed by atoms with Crippen molar-refractivity contribution in [2.45, 2.75) is 6.54 Å². The largest absolute Gasteiger partial charge is 0.506 e. The fourth-order valence-electron chi connectivity index (χ4n) is 2.21. The fraction of sp³-hybridized carbons (Fsp3) is 0.133. The van der Waals surface area contributed by atoms with Gasteiger partial charge in [-0.2, -0.15) is 5.10 Å². The molecule has 2 N–H and O–H groups in total. The SMILES string of the molecule is Cn1ncc(Cl)c1-c1cc(C(=O)NCc2cc(Cl)cc(Cl)c2O)on1. The molecule has 0 aliphatic carbocycles. The van der Waals surface area contributed by atoms with Gasteiger partial charge in [0.1, 0.15) is 17.1 Å². The highest BCUT2D eigenvalue weighted by Gasteiger charge is 2.18. The first-order valence-electron chi connectivity index (χ1n) is 6.96. The number of nitrogens with one attached hydrogen (secondary N) is 1. The van der Waals surface area contributed by atoms with Gasteiger partial charge in [-0.25, -0.2) is 0 Å². The summed E-state index contributed by atoms with van der Waals surface area (Å²) < 4.78 is 6.57. The molecule has 0 saturated heterocycles. The quantitative estimate of drug-likeness (QED) is 0.696. The van der Waals surface area contributed by atoms with E-state index in [1.165, 1.54) is 29.1 Å². The van der Waals surface area contributed by atoms with E-state index in [9.17, 15) is 9.90 Å². The third kappa shape index (κ3) is 3.58. The fourth-order valence-corrected chi connectivity index (χ4v) is 3.01. The number of carbonyl (C=O) groups excluding carboxylic acids is 1. The van der Waals surface area contributed by atoms with Gasteiger partial charge in [0.2, 0.25) is 5.76 Å². The van der Waals surface area contributed by atoms with E-state index in [1.807, 2.05) is 0 Å². The van der Waals surface area contributed by atoms with Crippen LogP contribution in [-0.4, -0.2) is 26.0 Å². The molecule has 0 unspecified atom stereocenters. The molecule has 0 aliphatic rings. The first-order valence-corrected chi connectivity index (χ1v) is 8.10. The number of hydrogen-bond acceptors (Lipinski definition) is 5. The second kappa shape index (κ2) is 6.95. The highest BCUT2D eigenvalue weighted by atomic mass is 35.5. The maximum Gasteiger partial charge on any atom is 0.290 e. The van der Waals surface area contributed by atoms with Gasteiger partial charge in [0.25, 0.3) is 5.91 Å². The van der Waals surface area contributed by atoms with Gasteiger partial charge in [0, 0.05) is 30.2 Å². The topological polar surface area (TPSA) is 93.2 Å². The Morgan fingerprint density at radius 2 is 2.04 bits per heavy atom. The minimum absolute atomic E-state index is 0.00739. The van der Waals surface area contributed by atoms with E-state index in [4.69, 9.17) is 39.3 Å². The van der Waals surface area contributed by atoms with Gasteiger partial charge in [-0.15, -0.1) is 0 Å². The summed E-state index contributed by atoms with van der Waals surface area (Å²) >= 11 is 17.8. The maximum absolute atomic E-state index is 12.2. The van der Waals surface area contributed by atoms with Crippen LogP contribution in [0.15, 0.2) is 28.9 Å². The molecule has 1 aromatic carbocycles. The van der Waals surface area contributed by atoms with E-state index < -0.39 is 5.91 Å². The average molecular weight is 402 g/mol. The molecular weight excluding hydrogens is 391 g/mol. The normalized spacial score (nSPS) is 10.9. The van der Waals surface area contributed by atoms with Gasteiger partial charge in [0.15, 0.2) is 0 Å². The lowest BCUT2D eigenvalue weighted by Gasteiger charge is -2.07. The number of phenolic OH excluding ortho intramolecular Hbond substituents is 1. The van der Waals surface area contributed by atoms with Crippen LogP contribution in [0.2, 0.25) is 15.1 Å². The maximum atomic E-state index is 12.2. The monoisotopic (exact) mass is 400 g/mol. The molecule has 0 fully saturated rings. The van der Waals surface area contributed by atoms with Gasteiger partial charge < -0.3 is 14.9 Å². The summed E-state index contributed by atoms with van der Waals surface area (Å²) in [5.41, 5.74) is 1.28. The summed E-state index contributed by atoms with van der Waals surface area (Å²) in [7, 11) is 1.70. The van der Waals surface area contributed by atoms with Crippen molar-refractivity contribution in [2.24, 2.45) is 7.05 Å². The van der Waals surface area contributed by atoms with Gasteiger partial charge in [0.05, 0.1) is 16.2 Å². The molecule has 1 amide bonds. The van der Waals surface area contributed by atoms with Crippen molar-refractivity contribution in [3.8, 4) is 17.1 Å². The summed E-state index contributed by atoms with van der Waals surface area (Å²) in [5.74, 6) is -0.682. The van der Waals surface area contributed by atoms with E-state index >= 15 is 0 Å². The minimum Gasteiger partial charge on any atom is -0.506 e. The van der Waals surface area contributed by atoms with E-state index in [2.05, 4.69) is 15.6 Å². The summed E-state index contributed by atoms with van der Waals surface area (Å²) in [6, 6.07) is 4.36. The molecule has 2 heterocycles. The van der Waals surface area contributed by atoms with Crippen LogP contribution >= 0.6 is 34.8 Å². The number of amides is 1. The molecule has 3 rings (SSSR count). The Hall–Kier alpha value is -2.22.